The molecular formula is C20H23Cl2N3OS. The number of carbonyl (C=O) groups excluding carboxylic acids is 1. The summed E-state index contributed by atoms with van der Waals surface area (Å²) in [4.78, 5) is 21.7. The second-order valence-electron chi connectivity index (χ2n) is 6.56. The topological polar surface area (TPSA) is 36.4 Å². The summed E-state index contributed by atoms with van der Waals surface area (Å²) in [6.07, 6.45) is 0.859. The van der Waals surface area contributed by atoms with Crippen LogP contribution in [0.25, 0.3) is 10.2 Å². The lowest BCUT2D eigenvalue weighted by molar-refractivity contribution is 0.0986. The van der Waals surface area contributed by atoms with Crippen LogP contribution in [0.5, 0.6) is 0 Å². The highest BCUT2D eigenvalue weighted by molar-refractivity contribution is 7.22. The Morgan fingerprint density at radius 2 is 1.89 bits per heavy atom. The molecule has 3 rings (SSSR count). The average Bonchev–Trinajstić information content (AvgIpc) is 3.01. The van der Waals surface area contributed by atoms with Gasteiger partial charge in [-0.05, 0) is 63.8 Å². The van der Waals surface area contributed by atoms with E-state index in [0.29, 0.717) is 22.3 Å². The Morgan fingerprint density at radius 3 is 2.59 bits per heavy atom. The van der Waals surface area contributed by atoms with Crippen molar-refractivity contribution in [1.82, 2.24) is 9.88 Å². The lowest BCUT2D eigenvalue weighted by atomic mass is 10.2. The van der Waals surface area contributed by atoms with Crippen molar-refractivity contribution in [2.75, 3.05) is 32.1 Å². The molecule has 7 heteroatoms. The van der Waals surface area contributed by atoms with E-state index in [-0.39, 0.29) is 18.3 Å². The van der Waals surface area contributed by atoms with E-state index in [1.165, 1.54) is 5.56 Å². The van der Waals surface area contributed by atoms with Crippen molar-refractivity contribution in [3.8, 4) is 0 Å². The quantitative estimate of drug-likeness (QED) is 0.540. The van der Waals surface area contributed by atoms with Gasteiger partial charge in [0.15, 0.2) is 5.13 Å². The number of aryl methyl sites for hydroxylation is 1. The number of aromatic nitrogens is 1. The van der Waals surface area contributed by atoms with Crippen LogP contribution in [0.15, 0.2) is 42.5 Å². The van der Waals surface area contributed by atoms with Gasteiger partial charge in [0.25, 0.3) is 5.91 Å². The lowest BCUT2D eigenvalue weighted by Crippen LogP contribution is -2.33. The molecule has 4 nitrogen and oxygen atoms in total. The predicted octanol–water partition coefficient (Wildman–Crippen LogP) is 5.28. The van der Waals surface area contributed by atoms with Crippen molar-refractivity contribution in [2.24, 2.45) is 0 Å². The zero-order valence-electron chi connectivity index (χ0n) is 15.6. The Hall–Kier alpha value is -1.66. The van der Waals surface area contributed by atoms with Crippen LogP contribution in [0, 0.1) is 6.92 Å². The number of fused-ring (bicyclic) bond motifs is 1. The number of benzene rings is 2. The summed E-state index contributed by atoms with van der Waals surface area (Å²) in [5.41, 5.74) is 2.61. The van der Waals surface area contributed by atoms with Crippen LogP contribution < -0.4 is 4.90 Å². The number of rotatable bonds is 6. The van der Waals surface area contributed by atoms with Crippen molar-refractivity contribution in [2.45, 2.75) is 13.3 Å². The Labute approximate surface area is 175 Å². The fourth-order valence-electron chi connectivity index (χ4n) is 2.74. The SMILES string of the molecule is Cc1ccc2nc(N(CCCN(C)C)C(=O)c3ccccc3Cl)sc2c1.Cl. The highest BCUT2D eigenvalue weighted by Crippen LogP contribution is 2.31. The van der Waals surface area contributed by atoms with Gasteiger partial charge in [-0.2, -0.15) is 0 Å². The van der Waals surface area contributed by atoms with Gasteiger partial charge in [-0.15, -0.1) is 12.4 Å². The number of halogens is 2. The fourth-order valence-corrected chi connectivity index (χ4v) is 4.05. The third-order valence-electron chi connectivity index (χ3n) is 4.10. The molecule has 0 N–H and O–H groups in total. The fraction of sp³-hybridized carbons (Fsp3) is 0.300. The number of hydrogen-bond donors (Lipinski definition) is 0. The van der Waals surface area contributed by atoms with E-state index in [2.05, 4.69) is 17.9 Å². The highest BCUT2D eigenvalue weighted by atomic mass is 35.5. The molecule has 3 aromatic rings. The van der Waals surface area contributed by atoms with Gasteiger partial charge < -0.3 is 4.90 Å². The maximum Gasteiger partial charge on any atom is 0.261 e. The van der Waals surface area contributed by atoms with Gasteiger partial charge in [0.05, 0.1) is 20.8 Å². The Morgan fingerprint density at radius 1 is 1.15 bits per heavy atom. The van der Waals surface area contributed by atoms with Crippen molar-refractivity contribution in [3.63, 3.8) is 0 Å². The molecule has 0 spiro atoms. The summed E-state index contributed by atoms with van der Waals surface area (Å²) >= 11 is 7.81. The monoisotopic (exact) mass is 423 g/mol. The first-order valence-electron chi connectivity index (χ1n) is 8.54. The van der Waals surface area contributed by atoms with E-state index in [9.17, 15) is 4.79 Å². The van der Waals surface area contributed by atoms with Crippen molar-refractivity contribution >= 4 is 56.6 Å². The molecule has 0 aliphatic heterocycles. The first-order chi connectivity index (χ1) is 12.5. The molecule has 0 saturated carbocycles. The second-order valence-corrected chi connectivity index (χ2v) is 7.98. The largest absolute Gasteiger partial charge is 0.309 e. The van der Waals surface area contributed by atoms with Crippen LogP contribution >= 0.6 is 35.3 Å². The molecule has 1 aromatic heterocycles. The van der Waals surface area contributed by atoms with Crippen molar-refractivity contribution in [1.29, 1.82) is 0 Å². The molecule has 0 atom stereocenters. The van der Waals surface area contributed by atoms with Crippen molar-refractivity contribution < 1.29 is 4.79 Å². The number of nitrogens with zero attached hydrogens (tertiary/aromatic N) is 3. The maximum absolute atomic E-state index is 13.2. The van der Waals surface area contributed by atoms with Crippen LogP contribution in [-0.2, 0) is 0 Å². The molecule has 0 fully saturated rings. The lowest BCUT2D eigenvalue weighted by Gasteiger charge is -2.21. The number of amides is 1. The van der Waals surface area contributed by atoms with E-state index in [0.717, 1.165) is 23.2 Å². The first kappa shape index (κ1) is 21.6. The summed E-state index contributed by atoms with van der Waals surface area (Å²) in [5.74, 6) is -0.106. The Kier molecular flexibility index (Phi) is 7.62. The third-order valence-corrected chi connectivity index (χ3v) is 5.47. The van der Waals surface area contributed by atoms with Crippen LogP contribution in [-0.4, -0.2) is 43.0 Å². The van der Waals surface area contributed by atoms with Gasteiger partial charge in [0, 0.05) is 6.54 Å². The molecule has 0 radical (unpaired) electrons. The van der Waals surface area contributed by atoms with Gasteiger partial charge in [0.1, 0.15) is 0 Å². The van der Waals surface area contributed by atoms with Crippen LogP contribution in [0.1, 0.15) is 22.3 Å². The van der Waals surface area contributed by atoms with E-state index in [4.69, 9.17) is 16.6 Å². The zero-order chi connectivity index (χ0) is 18.7. The predicted molar refractivity (Wildman–Crippen MR) is 118 cm³/mol. The molecule has 0 unspecified atom stereocenters. The summed E-state index contributed by atoms with van der Waals surface area (Å²) in [6, 6.07) is 13.3. The van der Waals surface area contributed by atoms with Crippen molar-refractivity contribution in [3.05, 3.63) is 58.6 Å². The maximum atomic E-state index is 13.2. The minimum Gasteiger partial charge on any atom is -0.309 e. The van der Waals surface area contributed by atoms with Gasteiger partial charge >= 0.3 is 0 Å². The minimum atomic E-state index is -0.106. The second kappa shape index (κ2) is 9.51. The number of hydrogen-bond acceptors (Lipinski definition) is 4. The third kappa shape index (κ3) is 5.20. The minimum absolute atomic E-state index is 0. The van der Waals surface area contributed by atoms with Gasteiger partial charge in [-0.3, -0.25) is 9.69 Å². The molecular weight excluding hydrogens is 401 g/mol. The number of thiazole rings is 1. The average molecular weight is 424 g/mol. The van der Waals surface area contributed by atoms with Crippen LogP contribution in [0.3, 0.4) is 0 Å². The summed E-state index contributed by atoms with van der Waals surface area (Å²) in [7, 11) is 4.06. The molecule has 0 bridgehead atoms. The summed E-state index contributed by atoms with van der Waals surface area (Å²) in [5, 5.41) is 1.18. The van der Waals surface area contributed by atoms with Gasteiger partial charge in [-0.25, -0.2) is 4.98 Å². The molecule has 1 amide bonds. The molecule has 2 aromatic carbocycles. The normalized spacial score (nSPS) is 10.9. The molecule has 144 valence electrons. The summed E-state index contributed by atoms with van der Waals surface area (Å²) < 4.78 is 1.09. The first-order valence-corrected chi connectivity index (χ1v) is 9.73. The molecule has 0 aliphatic carbocycles. The van der Waals surface area contributed by atoms with Gasteiger partial charge in [-0.1, -0.05) is 41.1 Å². The Balaban J connectivity index is 0.00000261. The molecule has 27 heavy (non-hydrogen) atoms. The van der Waals surface area contributed by atoms with E-state index in [1.807, 2.05) is 38.4 Å². The highest BCUT2D eigenvalue weighted by Gasteiger charge is 2.22. The molecule has 0 aliphatic rings. The number of carbonyl (C=O) groups is 1. The van der Waals surface area contributed by atoms with Gasteiger partial charge in [0.2, 0.25) is 0 Å². The molecule has 1 heterocycles. The van der Waals surface area contributed by atoms with E-state index in [1.54, 1.807) is 28.4 Å². The zero-order valence-corrected chi connectivity index (χ0v) is 18.0. The Bertz CT molecular complexity index is 926. The van der Waals surface area contributed by atoms with E-state index >= 15 is 0 Å². The number of anilines is 1. The molecule has 0 saturated heterocycles. The smallest absolute Gasteiger partial charge is 0.261 e. The summed E-state index contributed by atoms with van der Waals surface area (Å²) in [6.45, 7) is 3.56. The van der Waals surface area contributed by atoms with Crippen LogP contribution in [0.2, 0.25) is 5.02 Å². The van der Waals surface area contributed by atoms with Crippen LogP contribution in [0.4, 0.5) is 5.13 Å². The van der Waals surface area contributed by atoms with E-state index < -0.39 is 0 Å². The standard InChI is InChI=1S/C20H22ClN3OS.ClH/c1-14-9-10-17-18(13-14)26-20(22-17)24(12-6-11-23(2)3)19(25)15-7-4-5-8-16(15)21;/h4-5,7-10,13H,6,11-12H2,1-3H3;1H.